The first-order valence-electron chi connectivity index (χ1n) is 33.5. The van der Waals surface area contributed by atoms with E-state index in [0.717, 1.165) is 45.5 Å². The minimum absolute atomic E-state index is 0.112. The van der Waals surface area contributed by atoms with Crippen molar-refractivity contribution in [1.82, 2.24) is 0 Å². The molecule has 96 heavy (non-hydrogen) atoms. The van der Waals surface area contributed by atoms with E-state index in [4.69, 9.17) is 0 Å². The molecule has 0 aliphatic carbocycles. The van der Waals surface area contributed by atoms with E-state index in [1.807, 2.05) is 0 Å². The van der Waals surface area contributed by atoms with E-state index in [1.165, 1.54) is 143 Å². The van der Waals surface area contributed by atoms with Crippen molar-refractivity contribution in [2.45, 2.75) is 13.8 Å². The summed E-state index contributed by atoms with van der Waals surface area (Å²) in [5, 5.41) is 7.86. The Kier molecular flexibility index (Phi) is 12.0. The average Bonchev–Trinajstić information content (AvgIpc) is 0.666. The third-order valence-corrected chi connectivity index (χ3v) is 20.9. The molecule has 4 heterocycles. The van der Waals surface area contributed by atoms with Crippen LogP contribution in [0.1, 0.15) is 11.1 Å². The molecule has 16 aromatic rings. The summed E-state index contributed by atoms with van der Waals surface area (Å²) in [6, 6.07) is 123. The zero-order valence-electron chi connectivity index (χ0n) is 53.1. The standard InChI is InChI=1S/C90H60B2N4/c1-57-43-45-77-81(48-57)95(65-39-23-9-24-40-65)84-52-68(94(63-35-19-7-20-36-63)64-37-21-8-22-38-64)50-76-72-54-70(60-29-13-4-14-30-60)74-55-79-85-71(53-69(59-27-11-3-12-28-59)73-56-80(91(77)90(76)84)86(72)88(74)87(73)85)75-47-58(2)49-83-89(75)92(79)78-46-44-67(51-82(78)96(83)66-41-25-10-26-42-66)93(61-31-15-5-16-32-61)62-33-17-6-18-34-62/h3-56H,1-2H3. The van der Waals surface area contributed by atoms with Crippen LogP contribution in [0.3, 0.4) is 0 Å². The summed E-state index contributed by atoms with van der Waals surface area (Å²) in [6.45, 7) is 4.31. The predicted molar refractivity (Wildman–Crippen MR) is 409 cm³/mol. The Labute approximate surface area is 560 Å². The van der Waals surface area contributed by atoms with E-state index in [9.17, 15) is 0 Å². The normalized spacial score (nSPS) is 12.8. The number of aryl methyl sites for hydroxylation is 2. The average molecular weight is 1220 g/mol. The zero-order valence-corrected chi connectivity index (χ0v) is 53.1. The Balaban J connectivity index is 0.950. The zero-order chi connectivity index (χ0) is 63.3. The molecule has 16 aromatic carbocycles. The molecule has 0 amide bonds. The first-order valence-corrected chi connectivity index (χ1v) is 33.5. The molecule has 0 bridgehead atoms. The molecule has 446 valence electrons. The molecule has 4 nitrogen and oxygen atoms in total. The van der Waals surface area contributed by atoms with E-state index in [0.29, 0.717) is 0 Å². The van der Waals surface area contributed by atoms with Gasteiger partial charge in [-0.05, 0) is 245 Å². The highest BCUT2D eigenvalue weighted by molar-refractivity contribution is 7.02. The smallest absolute Gasteiger partial charge is 0.248 e. The van der Waals surface area contributed by atoms with E-state index in [2.05, 4.69) is 361 Å². The van der Waals surface area contributed by atoms with Crippen molar-refractivity contribution >= 4 is 147 Å². The van der Waals surface area contributed by atoms with Crippen molar-refractivity contribution in [3.05, 3.63) is 339 Å². The second kappa shape index (κ2) is 21.2. The molecule has 4 aliphatic heterocycles. The number of hydrogen-bond acceptors (Lipinski definition) is 4. The fraction of sp³-hybridized carbons (Fsp3) is 0.0222. The predicted octanol–water partition coefficient (Wildman–Crippen LogP) is 20.0. The van der Waals surface area contributed by atoms with Crippen LogP contribution in [0.4, 0.5) is 68.2 Å². The van der Waals surface area contributed by atoms with Gasteiger partial charge in [0.15, 0.2) is 0 Å². The molecule has 0 spiro atoms. The summed E-state index contributed by atoms with van der Waals surface area (Å²) in [4.78, 5) is 9.99. The monoisotopic (exact) mass is 1220 g/mol. The Morgan fingerprint density at radius 3 is 1.06 bits per heavy atom. The van der Waals surface area contributed by atoms with Gasteiger partial charge in [-0.3, -0.25) is 0 Å². The topological polar surface area (TPSA) is 13.0 Å². The number of hydrogen-bond donors (Lipinski definition) is 0. The molecule has 0 unspecified atom stereocenters. The molecule has 0 atom stereocenters. The Morgan fingerprint density at radius 2 is 0.604 bits per heavy atom. The number of fused-ring (bicyclic) bond motifs is 8. The quantitative estimate of drug-likeness (QED) is 0.0999. The summed E-state index contributed by atoms with van der Waals surface area (Å²) in [6.07, 6.45) is 0. The summed E-state index contributed by atoms with van der Waals surface area (Å²) in [5.41, 5.74) is 33.9. The molecule has 0 N–H and O–H groups in total. The molecule has 0 fully saturated rings. The van der Waals surface area contributed by atoms with Gasteiger partial charge in [0.05, 0.1) is 0 Å². The van der Waals surface area contributed by atoms with Crippen LogP contribution in [-0.2, 0) is 0 Å². The lowest BCUT2D eigenvalue weighted by Crippen LogP contribution is -2.60. The van der Waals surface area contributed by atoms with Crippen LogP contribution in [0.5, 0.6) is 0 Å². The molecule has 6 heteroatoms. The number of para-hydroxylation sites is 6. The second-order valence-electron chi connectivity index (χ2n) is 26.4. The van der Waals surface area contributed by atoms with Crippen LogP contribution >= 0.6 is 0 Å². The van der Waals surface area contributed by atoms with Gasteiger partial charge in [0.1, 0.15) is 0 Å². The van der Waals surface area contributed by atoms with Gasteiger partial charge in [-0.25, -0.2) is 0 Å². The molecule has 0 aromatic heterocycles. The van der Waals surface area contributed by atoms with Gasteiger partial charge in [-0.2, -0.15) is 0 Å². The molecule has 0 saturated heterocycles. The molecular weight excluding hydrogens is 1160 g/mol. The van der Waals surface area contributed by atoms with E-state index >= 15 is 0 Å². The molecular formula is C90H60B2N4. The van der Waals surface area contributed by atoms with Crippen molar-refractivity contribution in [3.63, 3.8) is 0 Å². The van der Waals surface area contributed by atoms with Crippen molar-refractivity contribution in [2.75, 3.05) is 19.6 Å². The van der Waals surface area contributed by atoms with E-state index < -0.39 is 0 Å². The molecule has 20 rings (SSSR count). The highest BCUT2D eigenvalue weighted by Crippen LogP contribution is 2.54. The Bertz CT molecular complexity index is 5720. The van der Waals surface area contributed by atoms with Crippen LogP contribution in [0.2, 0.25) is 0 Å². The maximum atomic E-state index is 2.67. The number of benzene rings is 16. The highest BCUT2D eigenvalue weighted by Gasteiger charge is 2.46. The summed E-state index contributed by atoms with van der Waals surface area (Å²) < 4.78 is 0. The summed E-state index contributed by atoms with van der Waals surface area (Å²) in [7, 11) is 0. The van der Waals surface area contributed by atoms with Gasteiger partial charge >= 0.3 is 0 Å². The first-order chi connectivity index (χ1) is 47.5. The summed E-state index contributed by atoms with van der Waals surface area (Å²) in [5.74, 6) is 0. The lowest BCUT2D eigenvalue weighted by atomic mass is 9.31. The van der Waals surface area contributed by atoms with Gasteiger partial charge in [-0.1, -0.05) is 217 Å². The maximum Gasteiger partial charge on any atom is 0.248 e. The lowest BCUT2D eigenvalue weighted by Gasteiger charge is -2.43. The largest absolute Gasteiger partial charge is 0.311 e. The van der Waals surface area contributed by atoms with Crippen LogP contribution < -0.4 is 52.4 Å². The Morgan fingerprint density at radius 1 is 0.240 bits per heavy atom. The van der Waals surface area contributed by atoms with Crippen molar-refractivity contribution in [2.24, 2.45) is 0 Å². The molecule has 0 saturated carbocycles. The van der Waals surface area contributed by atoms with Crippen LogP contribution in [0.15, 0.2) is 328 Å². The van der Waals surface area contributed by atoms with Gasteiger partial charge in [0.2, 0.25) is 13.4 Å². The fourth-order valence-corrected chi connectivity index (χ4v) is 17.1. The van der Waals surface area contributed by atoms with Crippen molar-refractivity contribution in [3.8, 4) is 44.5 Å². The highest BCUT2D eigenvalue weighted by atomic mass is 15.2. The fourth-order valence-electron chi connectivity index (χ4n) is 17.1. The third kappa shape index (κ3) is 8.06. The second-order valence-corrected chi connectivity index (χ2v) is 26.4. The number of anilines is 12. The molecule has 4 aliphatic rings. The number of rotatable bonds is 10. The van der Waals surface area contributed by atoms with Crippen LogP contribution in [0, 0.1) is 13.8 Å². The minimum atomic E-state index is -0.121. The first kappa shape index (κ1) is 54.4. The third-order valence-electron chi connectivity index (χ3n) is 20.9. The van der Waals surface area contributed by atoms with Crippen molar-refractivity contribution in [1.29, 1.82) is 0 Å². The van der Waals surface area contributed by atoms with E-state index in [1.54, 1.807) is 0 Å². The Hall–Kier alpha value is -12.1. The van der Waals surface area contributed by atoms with Crippen LogP contribution in [0.25, 0.3) is 76.8 Å². The summed E-state index contributed by atoms with van der Waals surface area (Å²) >= 11 is 0. The van der Waals surface area contributed by atoms with Gasteiger partial charge < -0.3 is 19.6 Å². The number of nitrogens with zero attached hydrogens (tertiary/aromatic N) is 4. The maximum absolute atomic E-state index is 2.67. The van der Waals surface area contributed by atoms with Crippen LogP contribution in [-0.4, -0.2) is 13.4 Å². The van der Waals surface area contributed by atoms with Gasteiger partial charge in [-0.15, -0.1) is 0 Å². The SMILES string of the molecule is Cc1ccc2c(c1)N(c1ccccc1)c1cc(N(c3ccccc3)c3ccccc3)cc3c1B2c1cc2c(-c4ccccc4)cc4c5c(cc6c(-c7ccccc7)cc-3c1c6c25)B1c2ccc(N(c3ccccc3)c3ccccc3)cc2N(c2ccccc2)c2cc(C)cc-4c21. The van der Waals surface area contributed by atoms with Gasteiger partial charge in [0.25, 0.3) is 0 Å². The molecule has 0 radical (unpaired) electrons. The van der Waals surface area contributed by atoms with E-state index in [-0.39, 0.29) is 13.4 Å². The minimum Gasteiger partial charge on any atom is -0.311 e. The van der Waals surface area contributed by atoms with Gasteiger partial charge in [0, 0.05) is 68.2 Å². The van der Waals surface area contributed by atoms with Crippen molar-refractivity contribution < 1.29 is 0 Å². The lowest BCUT2D eigenvalue weighted by molar-refractivity contribution is 1.25.